The molecule has 6 nitrogen and oxygen atoms in total. The number of carbonyl (C=O) groups excluding carboxylic acids is 1. The van der Waals surface area contributed by atoms with Crippen molar-refractivity contribution < 1.29 is 9.53 Å². The zero-order valence-corrected chi connectivity index (χ0v) is 16.2. The summed E-state index contributed by atoms with van der Waals surface area (Å²) >= 11 is 0. The minimum absolute atomic E-state index is 0.0872. The van der Waals surface area contributed by atoms with E-state index in [4.69, 9.17) is 4.74 Å². The molecule has 2 saturated heterocycles. The number of anilines is 1. The summed E-state index contributed by atoms with van der Waals surface area (Å²) in [4.78, 5) is 26.4. The van der Waals surface area contributed by atoms with Crippen LogP contribution in [0.4, 0.5) is 5.95 Å². The Labute approximate surface area is 156 Å². The number of hydrogen-bond acceptors (Lipinski definition) is 5. The summed E-state index contributed by atoms with van der Waals surface area (Å²) < 4.78 is 5.15. The second-order valence-corrected chi connectivity index (χ2v) is 7.61. The molecule has 0 N–H and O–H groups in total. The maximum atomic E-state index is 13.0. The van der Waals surface area contributed by atoms with Gasteiger partial charge < -0.3 is 14.5 Å². The zero-order chi connectivity index (χ0) is 18.4. The van der Waals surface area contributed by atoms with E-state index in [1.54, 1.807) is 13.3 Å². The van der Waals surface area contributed by atoms with Crippen molar-refractivity contribution in [3.05, 3.63) is 17.5 Å². The molecule has 1 aromatic heterocycles. The topological polar surface area (TPSA) is 58.6 Å². The largest absolute Gasteiger partial charge is 0.385 e. The van der Waals surface area contributed by atoms with E-state index in [2.05, 4.69) is 14.9 Å². The summed E-state index contributed by atoms with van der Waals surface area (Å²) in [6, 6.07) is 0. The lowest BCUT2D eigenvalue weighted by Gasteiger charge is -2.33. The molecule has 2 fully saturated rings. The molecule has 3 rings (SSSR count). The van der Waals surface area contributed by atoms with Gasteiger partial charge in [-0.2, -0.15) is 0 Å². The first-order valence-electron chi connectivity index (χ1n) is 10.1. The van der Waals surface area contributed by atoms with Crippen LogP contribution in [0.3, 0.4) is 0 Å². The highest BCUT2D eigenvalue weighted by Gasteiger charge is 2.26. The standard InChI is InChI=1S/C20H32N4O2/c1-16-18(14-21-20(22-16)23-10-4-3-5-11-23)19(25)24-12-6-8-17(15-24)9-7-13-26-2/h14,17H,3-13,15H2,1-2H3/t17-/m0/s1. The molecule has 144 valence electrons. The second kappa shape index (κ2) is 9.31. The van der Waals surface area contributed by atoms with Crippen LogP contribution in [0.15, 0.2) is 6.20 Å². The van der Waals surface area contributed by atoms with Crippen LogP contribution in [0.25, 0.3) is 0 Å². The highest BCUT2D eigenvalue weighted by molar-refractivity contribution is 5.95. The van der Waals surface area contributed by atoms with Crippen molar-refractivity contribution in [3.8, 4) is 0 Å². The molecule has 1 atom stereocenters. The van der Waals surface area contributed by atoms with Gasteiger partial charge in [0, 0.05) is 46.1 Å². The van der Waals surface area contributed by atoms with Crippen molar-refractivity contribution in [2.75, 3.05) is 44.8 Å². The number of hydrogen-bond donors (Lipinski definition) is 0. The lowest BCUT2D eigenvalue weighted by atomic mass is 9.93. The lowest BCUT2D eigenvalue weighted by Crippen LogP contribution is -2.40. The SMILES string of the molecule is COCCC[C@@H]1CCCN(C(=O)c2cnc(N3CCCCC3)nc2C)C1. The average molecular weight is 361 g/mol. The Morgan fingerprint density at radius 3 is 2.77 bits per heavy atom. The fourth-order valence-electron chi connectivity index (χ4n) is 4.08. The molecule has 6 heteroatoms. The van der Waals surface area contributed by atoms with E-state index in [0.717, 1.165) is 63.7 Å². The lowest BCUT2D eigenvalue weighted by molar-refractivity contribution is 0.0659. The molecule has 3 heterocycles. The van der Waals surface area contributed by atoms with Crippen LogP contribution >= 0.6 is 0 Å². The molecule has 1 aromatic rings. The quantitative estimate of drug-likeness (QED) is 0.730. The van der Waals surface area contributed by atoms with E-state index < -0.39 is 0 Å². The van der Waals surface area contributed by atoms with Gasteiger partial charge in [-0.25, -0.2) is 9.97 Å². The second-order valence-electron chi connectivity index (χ2n) is 7.61. The van der Waals surface area contributed by atoms with Crippen molar-refractivity contribution in [1.29, 1.82) is 0 Å². The van der Waals surface area contributed by atoms with E-state index in [1.807, 2.05) is 11.8 Å². The Morgan fingerprint density at radius 1 is 1.23 bits per heavy atom. The Kier molecular flexibility index (Phi) is 6.83. The van der Waals surface area contributed by atoms with Crippen LogP contribution in [0.5, 0.6) is 0 Å². The van der Waals surface area contributed by atoms with Crippen molar-refractivity contribution >= 4 is 11.9 Å². The summed E-state index contributed by atoms with van der Waals surface area (Å²) in [6.45, 7) is 6.45. The number of aromatic nitrogens is 2. The third-order valence-corrected chi connectivity index (χ3v) is 5.60. The van der Waals surface area contributed by atoms with Crippen LogP contribution in [0, 0.1) is 12.8 Å². The highest BCUT2D eigenvalue weighted by Crippen LogP contribution is 2.24. The van der Waals surface area contributed by atoms with Gasteiger partial charge in [0.1, 0.15) is 0 Å². The van der Waals surface area contributed by atoms with Crippen molar-refractivity contribution in [2.24, 2.45) is 5.92 Å². The fourth-order valence-corrected chi connectivity index (χ4v) is 4.08. The summed E-state index contributed by atoms with van der Waals surface area (Å²) in [7, 11) is 1.74. The van der Waals surface area contributed by atoms with E-state index in [0.29, 0.717) is 11.5 Å². The van der Waals surface area contributed by atoms with E-state index in [-0.39, 0.29) is 5.91 Å². The third kappa shape index (κ3) is 4.72. The van der Waals surface area contributed by atoms with Crippen LogP contribution in [-0.4, -0.2) is 60.7 Å². The molecule has 2 aliphatic heterocycles. The predicted molar refractivity (Wildman–Crippen MR) is 103 cm³/mol. The van der Waals surface area contributed by atoms with Crippen LogP contribution in [0.2, 0.25) is 0 Å². The molecule has 1 amide bonds. The number of aryl methyl sites for hydroxylation is 1. The van der Waals surface area contributed by atoms with Gasteiger partial charge in [-0.3, -0.25) is 4.79 Å². The fraction of sp³-hybridized carbons (Fsp3) is 0.750. The molecule has 0 aliphatic carbocycles. The molecule has 0 radical (unpaired) electrons. The molecule has 2 aliphatic rings. The maximum absolute atomic E-state index is 13.0. The van der Waals surface area contributed by atoms with Crippen molar-refractivity contribution in [1.82, 2.24) is 14.9 Å². The van der Waals surface area contributed by atoms with Gasteiger partial charge in [0.15, 0.2) is 0 Å². The molecule has 26 heavy (non-hydrogen) atoms. The van der Waals surface area contributed by atoms with Gasteiger partial charge in [-0.05, 0) is 57.8 Å². The normalized spacial score (nSPS) is 21.1. The predicted octanol–water partition coefficient (Wildman–Crippen LogP) is 3.05. The highest BCUT2D eigenvalue weighted by atomic mass is 16.5. The first kappa shape index (κ1) is 19.1. The van der Waals surface area contributed by atoms with Gasteiger partial charge in [0.25, 0.3) is 5.91 Å². The van der Waals surface area contributed by atoms with Gasteiger partial charge in [0.05, 0.1) is 11.3 Å². The Morgan fingerprint density at radius 2 is 2.04 bits per heavy atom. The Hall–Kier alpha value is -1.69. The average Bonchev–Trinajstić information content (AvgIpc) is 2.68. The number of piperidine rings is 2. The number of rotatable bonds is 6. The van der Waals surface area contributed by atoms with Gasteiger partial charge in [-0.15, -0.1) is 0 Å². The smallest absolute Gasteiger partial charge is 0.257 e. The van der Waals surface area contributed by atoms with Crippen molar-refractivity contribution in [2.45, 2.75) is 51.9 Å². The summed E-state index contributed by atoms with van der Waals surface area (Å²) in [5, 5.41) is 0. The van der Waals surface area contributed by atoms with Crippen LogP contribution < -0.4 is 4.90 Å². The number of likely N-dealkylation sites (tertiary alicyclic amines) is 1. The Balaban J connectivity index is 1.63. The van der Waals surface area contributed by atoms with E-state index in [1.165, 1.54) is 25.7 Å². The molecule has 0 spiro atoms. The zero-order valence-electron chi connectivity index (χ0n) is 16.2. The minimum Gasteiger partial charge on any atom is -0.385 e. The Bertz CT molecular complexity index is 601. The molecule has 0 bridgehead atoms. The number of carbonyl (C=O) groups is 1. The van der Waals surface area contributed by atoms with E-state index >= 15 is 0 Å². The van der Waals surface area contributed by atoms with Crippen LogP contribution in [0.1, 0.15) is 61.0 Å². The number of ether oxygens (including phenoxy) is 1. The summed E-state index contributed by atoms with van der Waals surface area (Å²) in [5.74, 6) is 1.44. The van der Waals surface area contributed by atoms with Crippen molar-refractivity contribution in [3.63, 3.8) is 0 Å². The molecule has 0 unspecified atom stereocenters. The molecule has 0 aromatic carbocycles. The monoisotopic (exact) mass is 360 g/mol. The van der Waals surface area contributed by atoms with E-state index in [9.17, 15) is 4.79 Å². The minimum atomic E-state index is 0.0872. The number of nitrogens with zero attached hydrogens (tertiary/aromatic N) is 4. The molecular formula is C20H32N4O2. The maximum Gasteiger partial charge on any atom is 0.257 e. The summed E-state index contributed by atoms with van der Waals surface area (Å²) in [6.07, 6.45) is 9.89. The molecule has 0 saturated carbocycles. The number of methoxy groups -OCH3 is 1. The van der Waals surface area contributed by atoms with Crippen LogP contribution in [-0.2, 0) is 4.74 Å². The molecular weight excluding hydrogens is 328 g/mol. The van der Waals surface area contributed by atoms with Gasteiger partial charge in [0.2, 0.25) is 5.95 Å². The third-order valence-electron chi connectivity index (χ3n) is 5.60. The first-order valence-corrected chi connectivity index (χ1v) is 10.1. The first-order chi connectivity index (χ1) is 12.7. The number of amides is 1. The van der Waals surface area contributed by atoms with Gasteiger partial charge >= 0.3 is 0 Å². The van der Waals surface area contributed by atoms with Gasteiger partial charge in [-0.1, -0.05) is 0 Å². The summed E-state index contributed by atoms with van der Waals surface area (Å²) in [5.41, 5.74) is 1.45.